The summed E-state index contributed by atoms with van der Waals surface area (Å²) >= 11 is 3.41. The van der Waals surface area contributed by atoms with Gasteiger partial charge in [-0.05, 0) is 24.3 Å². The summed E-state index contributed by atoms with van der Waals surface area (Å²) in [6.07, 6.45) is 1.75. The standard InChI is InChI=1S/C12H8BrN3O/c13-9-4-1-3-8(7-9)11-14-12-10(17)5-2-6-16(12)15-11/h1-7,17H. The van der Waals surface area contributed by atoms with Crippen molar-refractivity contribution in [3.05, 3.63) is 47.1 Å². The third-order valence-electron chi connectivity index (χ3n) is 2.42. The maximum absolute atomic E-state index is 9.65. The number of rotatable bonds is 1. The van der Waals surface area contributed by atoms with E-state index in [9.17, 15) is 5.11 Å². The highest BCUT2D eigenvalue weighted by Crippen LogP contribution is 2.23. The molecule has 0 radical (unpaired) electrons. The van der Waals surface area contributed by atoms with Crippen LogP contribution in [0.4, 0.5) is 0 Å². The zero-order valence-corrected chi connectivity index (χ0v) is 10.3. The van der Waals surface area contributed by atoms with Crippen molar-refractivity contribution in [1.82, 2.24) is 14.6 Å². The lowest BCUT2D eigenvalue weighted by Crippen LogP contribution is -1.85. The molecule has 0 saturated heterocycles. The summed E-state index contributed by atoms with van der Waals surface area (Å²) < 4.78 is 2.53. The first-order chi connectivity index (χ1) is 8.24. The summed E-state index contributed by atoms with van der Waals surface area (Å²) in [4.78, 5) is 4.30. The summed E-state index contributed by atoms with van der Waals surface area (Å²) in [5, 5.41) is 14.0. The van der Waals surface area contributed by atoms with Crippen LogP contribution in [0.2, 0.25) is 0 Å². The average molecular weight is 290 g/mol. The van der Waals surface area contributed by atoms with E-state index in [0.29, 0.717) is 11.5 Å². The fraction of sp³-hybridized carbons (Fsp3) is 0. The smallest absolute Gasteiger partial charge is 0.198 e. The number of pyridine rings is 1. The number of nitrogens with zero attached hydrogens (tertiary/aromatic N) is 3. The Morgan fingerprint density at radius 1 is 1.18 bits per heavy atom. The molecule has 0 aliphatic rings. The van der Waals surface area contributed by atoms with E-state index in [2.05, 4.69) is 26.0 Å². The van der Waals surface area contributed by atoms with Crippen molar-refractivity contribution in [3.63, 3.8) is 0 Å². The number of aromatic hydroxyl groups is 1. The van der Waals surface area contributed by atoms with Crippen molar-refractivity contribution in [2.24, 2.45) is 0 Å². The van der Waals surface area contributed by atoms with Crippen LogP contribution in [-0.2, 0) is 0 Å². The van der Waals surface area contributed by atoms with Crippen LogP contribution in [0.15, 0.2) is 47.1 Å². The zero-order chi connectivity index (χ0) is 11.8. The Balaban J connectivity index is 2.22. The van der Waals surface area contributed by atoms with E-state index in [0.717, 1.165) is 10.0 Å². The molecule has 84 valence electrons. The van der Waals surface area contributed by atoms with Crippen molar-refractivity contribution >= 4 is 21.6 Å². The van der Waals surface area contributed by atoms with Crippen molar-refractivity contribution in [1.29, 1.82) is 0 Å². The molecule has 0 aliphatic carbocycles. The molecule has 0 spiro atoms. The molecule has 0 fully saturated rings. The Bertz CT molecular complexity index is 693. The first-order valence-corrected chi connectivity index (χ1v) is 5.83. The summed E-state index contributed by atoms with van der Waals surface area (Å²) in [6, 6.07) is 11.0. The Morgan fingerprint density at radius 2 is 2.06 bits per heavy atom. The lowest BCUT2D eigenvalue weighted by atomic mass is 10.2. The molecular weight excluding hydrogens is 282 g/mol. The summed E-state index contributed by atoms with van der Waals surface area (Å²) in [7, 11) is 0. The van der Waals surface area contributed by atoms with Gasteiger partial charge in [-0.1, -0.05) is 28.1 Å². The molecule has 0 aliphatic heterocycles. The minimum atomic E-state index is 0.126. The largest absolute Gasteiger partial charge is 0.504 e. The molecule has 2 heterocycles. The van der Waals surface area contributed by atoms with E-state index in [4.69, 9.17) is 0 Å². The molecule has 5 heteroatoms. The number of halogens is 1. The Labute approximate surface area is 106 Å². The molecule has 0 unspecified atom stereocenters. The van der Waals surface area contributed by atoms with Crippen LogP contribution >= 0.6 is 15.9 Å². The van der Waals surface area contributed by atoms with Gasteiger partial charge in [-0.25, -0.2) is 9.50 Å². The second-order valence-corrected chi connectivity index (χ2v) is 4.52. The van der Waals surface area contributed by atoms with Crippen LogP contribution in [0.5, 0.6) is 5.75 Å². The van der Waals surface area contributed by atoms with Gasteiger partial charge in [0.25, 0.3) is 0 Å². The van der Waals surface area contributed by atoms with Crippen LogP contribution in [-0.4, -0.2) is 19.7 Å². The van der Waals surface area contributed by atoms with Gasteiger partial charge in [0.15, 0.2) is 17.2 Å². The predicted octanol–water partition coefficient (Wildman–Crippen LogP) is 2.86. The third kappa shape index (κ3) is 1.78. The third-order valence-corrected chi connectivity index (χ3v) is 2.92. The van der Waals surface area contributed by atoms with Crippen molar-refractivity contribution < 1.29 is 5.11 Å². The maximum atomic E-state index is 9.65. The molecule has 3 aromatic rings. The van der Waals surface area contributed by atoms with E-state index in [1.807, 2.05) is 24.3 Å². The number of fused-ring (bicyclic) bond motifs is 1. The maximum Gasteiger partial charge on any atom is 0.198 e. The summed E-state index contributed by atoms with van der Waals surface area (Å²) in [5.41, 5.74) is 1.37. The van der Waals surface area contributed by atoms with Crippen LogP contribution in [0.25, 0.3) is 17.0 Å². The highest BCUT2D eigenvalue weighted by Gasteiger charge is 2.08. The number of benzene rings is 1. The van der Waals surface area contributed by atoms with Gasteiger partial charge in [0.2, 0.25) is 0 Å². The molecule has 17 heavy (non-hydrogen) atoms. The molecule has 0 atom stereocenters. The first kappa shape index (κ1) is 10.3. The molecule has 3 rings (SSSR count). The molecule has 1 aromatic carbocycles. The van der Waals surface area contributed by atoms with Crippen LogP contribution in [0.1, 0.15) is 0 Å². The van der Waals surface area contributed by atoms with Gasteiger partial charge < -0.3 is 5.11 Å². The summed E-state index contributed by atoms with van der Waals surface area (Å²) in [6.45, 7) is 0. The SMILES string of the molecule is Oc1cccn2nc(-c3cccc(Br)c3)nc12. The average Bonchev–Trinajstić information content (AvgIpc) is 2.74. The Morgan fingerprint density at radius 3 is 2.82 bits per heavy atom. The van der Waals surface area contributed by atoms with Crippen molar-refractivity contribution in [2.75, 3.05) is 0 Å². The minimum Gasteiger partial charge on any atom is -0.504 e. The van der Waals surface area contributed by atoms with Gasteiger partial charge in [-0.2, -0.15) is 0 Å². The normalized spacial score (nSPS) is 10.9. The molecular formula is C12H8BrN3O. The zero-order valence-electron chi connectivity index (χ0n) is 8.71. The second kappa shape index (κ2) is 3.85. The van der Waals surface area contributed by atoms with Gasteiger partial charge in [-0.15, -0.1) is 5.10 Å². The topological polar surface area (TPSA) is 50.4 Å². The van der Waals surface area contributed by atoms with Gasteiger partial charge in [0.05, 0.1) is 0 Å². The van der Waals surface area contributed by atoms with Gasteiger partial charge in [0.1, 0.15) is 0 Å². The van der Waals surface area contributed by atoms with E-state index < -0.39 is 0 Å². The Kier molecular flexibility index (Phi) is 2.33. The second-order valence-electron chi connectivity index (χ2n) is 3.61. The fourth-order valence-corrected chi connectivity index (χ4v) is 2.04. The first-order valence-electron chi connectivity index (χ1n) is 5.04. The number of hydrogen-bond donors (Lipinski definition) is 1. The molecule has 1 N–H and O–H groups in total. The highest BCUT2D eigenvalue weighted by molar-refractivity contribution is 9.10. The fourth-order valence-electron chi connectivity index (χ4n) is 1.64. The monoisotopic (exact) mass is 289 g/mol. The van der Waals surface area contributed by atoms with E-state index in [1.54, 1.807) is 22.8 Å². The van der Waals surface area contributed by atoms with Gasteiger partial charge >= 0.3 is 0 Å². The molecule has 0 amide bonds. The molecule has 2 aromatic heterocycles. The van der Waals surface area contributed by atoms with E-state index in [1.165, 1.54) is 0 Å². The summed E-state index contributed by atoms with van der Waals surface area (Å²) in [5.74, 6) is 0.717. The molecule has 0 bridgehead atoms. The van der Waals surface area contributed by atoms with Crippen molar-refractivity contribution in [2.45, 2.75) is 0 Å². The highest BCUT2D eigenvalue weighted by atomic mass is 79.9. The van der Waals surface area contributed by atoms with E-state index in [-0.39, 0.29) is 5.75 Å². The predicted molar refractivity (Wildman–Crippen MR) is 67.8 cm³/mol. The van der Waals surface area contributed by atoms with Crippen LogP contribution < -0.4 is 0 Å². The number of aromatic nitrogens is 3. The molecule has 4 nitrogen and oxygen atoms in total. The molecule has 0 saturated carbocycles. The quantitative estimate of drug-likeness (QED) is 0.749. The van der Waals surface area contributed by atoms with E-state index >= 15 is 0 Å². The number of hydrogen-bond acceptors (Lipinski definition) is 3. The van der Waals surface area contributed by atoms with Crippen LogP contribution in [0, 0.1) is 0 Å². The van der Waals surface area contributed by atoms with Gasteiger partial charge in [0, 0.05) is 16.2 Å². The lowest BCUT2D eigenvalue weighted by molar-refractivity contribution is 0.477. The van der Waals surface area contributed by atoms with Crippen LogP contribution in [0.3, 0.4) is 0 Å². The minimum absolute atomic E-state index is 0.126. The Hall–Kier alpha value is -1.88. The van der Waals surface area contributed by atoms with Gasteiger partial charge in [-0.3, -0.25) is 0 Å². The van der Waals surface area contributed by atoms with Crippen molar-refractivity contribution in [3.8, 4) is 17.1 Å². The lowest BCUT2D eigenvalue weighted by Gasteiger charge is -1.94.